The number of nitrogens with zero attached hydrogens (tertiary/aromatic N) is 4. The van der Waals surface area contributed by atoms with E-state index in [0.717, 1.165) is 13.0 Å². The summed E-state index contributed by atoms with van der Waals surface area (Å²) in [5, 5.41) is 13.9. The van der Waals surface area contributed by atoms with Crippen molar-refractivity contribution in [2.24, 2.45) is 0 Å². The molecule has 7 nitrogen and oxygen atoms in total. The molecule has 0 atom stereocenters. The fourth-order valence-corrected chi connectivity index (χ4v) is 1.81. The second-order valence-electron chi connectivity index (χ2n) is 5.85. The van der Waals surface area contributed by atoms with Crippen molar-refractivity contribution in [3.8, 4) is 0 Å². The lowest BCUT2D eigenvalue weighted by Gasteiger charge is -2.18. The molecule has 0 fully saturated rings. The van der Waals surface area contributed by atoms with Crippen LogP contribution in [0.15, 0.2) is 30.9 Å². The third kappa shape index (κ3) is 4.62. The molecular weight excluding hydrogens is 268 g/mol. The van der Waals surface area contributed by atoms with Gasteiger partial charge in [-0.2, -0.15) is 10.2 Å². The van der Waals surface area contributed by atoms with E-state index >= 15 is 0 Å². The first-order valence-electron chi connectivity index (χ1n) is 7.02. The monoisotopic (exact) mass is 290 g/mol. The molecule has 0 bridgehead atoms. The minimum atomic E-state index is -0.219. The summed E-state index contributed by atoms with van der Waals surface area (Å²) in [5.41, 5.74) is 0.592. The average molecular weight is 290 g/mol. The number of carbonyl (C=O) groups excluding carboxylic acids is 1. The zero-order chi connectivity index (χ0) is 15.3. The van der Waals surface area contributed by atoms with Gasteiger partial charge >= 0.3 is 6.03 Å². The summed E-state index contributed by atoms with van der Waals surface area (Å²) in [5.74, 6) is 0. The van der Waals surface area contributed by atoms with Crippen molar-refractivity contribution in [2.45, 2.75) is 39.3 Å². The third-order valence-electron chi connectivity index (χ3n) is 2.94. The smallest absolute Gasteiger partial charge is 0.319 e. The highest BCUT2D eigenvalue weighted by atomic mass is 16.2. The fourth-order valence-electron chi connectivity index (χ4n) is 1.81. The minimum absolute atomic E-state index is 0.0971. The maximum atomic E-state index is 11.8. The molecule has 2 heterocycles. The average Bonchev–Trinajstić information content (AvgIpc) is 3.04. The van der Waals surface area contributed by atoms with Crippen molar-refractivity contribution in [1.82, 2.24) is 24.9 Å². The zero-order valence-corrected chi connectivity index (χ0v) is 12.7. The molecule has 2 rings (SSSR count). The van der Waals surface area contributed by atoms with Crippen molar-refractivity contribution < 1.29 is 4.79 Å². The van der Waals surface area contributed by atoms with Crippen LogP contribution in [0.1, 0.15) is 27.2 Å². The van der Waals surface area contributed by atoms with Crippen LogP contribution in [0.2, 0.25) is 0 Å². The Morgan fingerprint density at radius 3 is 2.76 bits per heavy atom. The molecule has 0 unspecified atom stereocenters. The number of nitrogens with one attached hydrogen (secondary N) is 2. The van der Waals surface area contributed by atoms with E-state index in [0.29, 0.717) is 12.2 Å². The predicted molar refractivity (Wildman–Crippen MR) is 81.1 cm³/mol. The summed E-state index contributed by atoms with van der Waals surface area (Å²) < 4.78 is 3.66. The van der Waals surface area contributed by atoms with Gasteiger partial charge in [0.05, 0.1) is 17.4 Å². The molecule has 0 aliphatic carbocycles. The summed E-state index contributed by atoms with van der Waals surface area (Å²) in [6, 6.07) is 1.66. The molecule has 2 amide bonds. The number of aryl methyl sites for hydroxylation is 1. The van der Waals surface area contributed by atoms with Crippen molar-refractivity contribution in [1.29, 1.82) is 0 Å². The summed E-state index contributed by atoms with van der Waals surface area (Å²) >= 11 is 0. The normalized spacial score (nSPS) is 11.4. The summed E-state index contributed by atoms with van der Waals surface area (Å²) in [6.07, 6.45) is 7.95. The standard InChI is InChI=1S/C14H22N6O/c1-14(2,3)20-11-12(10-17-20)18-13(21)15-6-4-8-19-9-5-7-16-19/h5,7,9-11H,4,6,8H2,1-3H3,(H2,15,18,21). The summed E-state index contributed by atoms with van der Waals surface area (Å²) in [4.78, 5) is 11.8. The Bertz CT molecular complexity index is 567. The van der Waals surface area contributed by atoms with E-state index in [9.17, 15) is 4.79 Å². The maximum absolute atomic E-state index is 11.8. The lowest BCUT2D eigenvalue weighted by molar-refractivity contribution is 0.251. The van der Waals surface area contributed by atoms with E-state index in [1.54, 1.807) is 12.4 Å². The molecule has 0 saturated heterocycles. The Morgan fingerprint density at radius 2 is 2.14 bits per heavy atom. The second kappa shape index (κ2) is 6.43. The van der Waals surface area contributed by atoms with Gasteiger partial charge in [-0.3, -0.25) is 9.36 Å². The lowest BCUT2D eigenvalue weighted by atomic mass is 10.1. The first-order valence-corrected chi connectivity index (χ1v) is 7.02. The molecule has 7 heteroatoms. The lowest BCUT2D eigenvalue weighted by Crippen LogP contribution is -2.30. The Hall–Kier alpha value is -2.31. The predicted octanol–water partition coefficient (Wildman–Crippen LogP) is 2.05. The number of hydrogen-bond donors (Lipinski definition) is 2. The Morgan fingerprint density at radius 1 is 1.33 bits per heavy atom. The number of amides is 2. The first kappa shape index (κ1) is 15.1. The molecule has 21 heavy (non-hydrogen) atoms. The van der Waals surface area contributed by atoms with Gasteiger partial charge in [0, 0.05) is 31.7 Å². The van der Waals surface area contributed by atoms with Gasteiger partial charge in [0.15, 0.2) is 0 Å². The van der Waals surface area contributed by atoms with E-state index < -0.39 is 0 Å². The van der Waals surface area contributed by atoms with Crippen LogP contribution in [0.4, 0.5) is 10.5 Å². The van der Waals surface area contributed by atoms with E-state index in [-0.39, 0.29) is 11.6 Å². The Labute approximate surface area is 124 Å². The Kier molecular flexibility index (Phi) is 4.62. The summed E-state index contributed by atoms with van der Waals surface area (Å²) in [7, 11) is 0. The van der Waals surface area contributed by atoms with Gasteiger partial charge in [0.1, 0.15) is 0 Å². The Balaban J connectivity index is 1.70. The molecule has 0 aliphatic rings. The minimum Gasteiger partial charge on any atom is -0.338 e. The van der Waals surface area contributed by atoms with E-state index in [1.807, 2.05) is 27.8 Å². The van der Waals surface area contributed by atoms with Crippen LogP contribution in [-0.2, 0) is 12.1 Å². The fraction of sp³-hybridized carbons (Fsp3) is 0.500. The van der Waals surface area contributed by atoms with Crippen LogP contribution in [0, 0.1) is 0 Å². The highest BCUT2D eigenvalue weighted by molar-refractivity contribution is 5.88. The molecule has 2 aromatic rings. The quantitative estimate of drug-likeness (QED) is 0.827. The number of anilines is 1. The third-order valence-corrected chi connectivity index (χ3v) is 2.94. The molecule has 0 radical (unpaired) electrons. The molecule has 0 aliphatic heterocycles. The molecule has 2 aromatic heterocycles. The molecular formula is C14H22N6O. The van der Waals surface area contributed by atoms with Gasteiger partial charge in [0.25, 0.3) is 0 Å². The second-order valence-corrected chi connectivity index (χ2v) is 5.85. The largest absolute Gasteiger partial charge is 0.338 e. The first-order chi connectivity index (χ1) is 9.95. The van der Waals surface area contributed by atoms with Gasteiger partial charge in [-0.15, -0.1) is 0 Å². The number of carbonyl (C=O) groups is 1. The highest BCUT2D eigenvalue weighted by Gasteiger charge is 2.14. The molecule has 114 valence electrons. The number of rotatable bonds is 5. The summed E-state index contributed by atoms with van der Waals surface area (Å²) in [6.45, 7) is 7.55. The van der Waals surface area contributed by atoms with E-state index in [4.69, 9.17) is 0 Å². The molecule has 2 N–H and O–H groups in total. The van der Waals surface area contributed by atoms with Crippen LogP contribution < -0.4 is 10.6 Å². The SMILES string of the molecule is CC(C)(C)n1cc(NC(=O)NCCCn2cccn2)cn1. The van der Waals surface area contributed by atoms with Crippen LogP contribution in [-0.4, -0.2) is 32.1 Å². The molecule has 0 saturated carbocycles. The van der Waals surface area contributed by atoms with Crippen LogP contribution in [0.25, 0.3) is 0 Å². The topological polar surface area (TPSA) is 76.8 Å². The highest BCUT2D eigenvalue weighted by Crippen LogP contribution is 2.15. The molecule has 0 spiro atoms. The van der Waals surface area contributed by atoms with Crippen molar-refractivity contribution in [2.75, 3.05) is 11.9 Å². The van der Waals surface area contributed by atoms with Gasteiger partial charge in [0.2, 0.25) is 0 Å². The zero-order valence-electron chi connectivity index (χ0n) is 12.7. The van der Waals surface area contributed by atoms with Crippen molar-refractivity contribution in [3.05, 3.63) is 30.9 Å². The van der Waals surface area contributed by atoms with Gasteiger partial charge in [-0.05, 0) is 33.3 Å². The number of hydrogen-bond acceptors (Lipinski definition) is 3. The van der Waals surface area contributed by atoms with Crippen molar-refractivity contribution >= 4 is 11.7 Å². The van der Waals surface area contributed by atoms with Crippen LogP contribution in [0.5, 0.6) is 0 Å². The maximum Gasteiger partial charge on any atom is 0.319 e. The molecule has 0 aromatic carbocycles. The van der Waals surface area contributed by atoms with Crippen LogP contribution in [0.3, 0.4) is 0 Å². The number of aromatic nitrogens is 4. The van der Waals surface area contributed by atoms with Gasteiger partial charge in [-0.1, -0.05) is 0 Å². The van der Waals surface area contributed by atoms with Crippen LogP contribution >= 0.6 is 0 Å². The van der Waals surface area contributed by atoms with E-state index in [2.05, 4.69) is 41.6 Å². The van der Waals surface area contributed by atoms with Gasteiger partial charge in [-0.25, -0.2) is 4.79 Å². The van der Waals surface area contributed by atoms with E-state index in [1.165, 1.54) is 0 Å². The van der Waals surface area contributed by atoms with Crippen molar-refractivity contribution in [3.63, 3.8) is 0 Å². The van der Waals surface area contributed by atoms with Gasteiger partial charge < -0.3 is 10.6 Å². The number of urea groups is 1.